The molecule has 1 heterocycles. The molecule has 0 aliphatic carbocycles. The molecule has 13 heteroatoms. The number of carboxylic acids is 2. The van der Waals surface area contributed by atoms with Crippen LogP contribution >= 0.6 is 0 Å². The number of aromatic hydroxyl groups is 1. The Labute approximate surface area is 247 Å². The molecule has 2 aromatic carbocycles. The van der Waals surface area contributed by atoms with Crippen molar-refractivity contribution < 1.29 is 39.3 Å². The molecule has 3 amide bonds. The van der Waals surface area contributed by atoms with E-state index in [0.29, 0.717) is 17.5 Å². The van der Waals surface area contributed by atoms with Gasteiger partial charge in [-0.2, -0.15) is 0 Å². The van der Waals surface area contributed by atoms with E-state index in [1.54, 1.807) is 38.2 Å². The van der Waals surface area contributed by atoms with E-state index < -0.39 is 66.2 Å². The summed E-state index contributed by atoms with van der Waals surface area (Å²) < 4.78 is 0. The molecule has 0 saturated carbocycles. The molecular formula is C30H37N5O8. The van der Waals surface area contributed by atoms with E-state index in [2.05, 4.69) is 20.9 Å². The molecule has 0 radical (unpaired) electrons. The van der Waals surface area contributed by atoms with Gasteiger partial charge in [0, 0.05) is 23.5 Å². The number of hydrogen-bond donors (Lipinski definition) is 8. The first-order chi connectivity index (χ1) is 20.4. The molecule has 230 valence electrons. The van der Waals surface area contributed by atoms with E-state index in [0.717, 1.165) is 10.9 Å². The third-order valence-corrected chi connectivity index (χ3v) is 7.25. The Morgan fingerprint density at radius 2 is 1.49 bits per heavy atom. The third kappa shape index (κ3) is 9.04. The summed E-state index contributed by atoms with van der Waals surface area (Å²) in [5.41, 5.74) is 8.07. The van der Waals surface area contributed by atoms with Crippen LogP contribution in [0, 0.1) is 5.92 Å². The number of phenols is 1. The Morgan fingerprint density at radius 3 is 2.12 bits per heavy atom. The summed E-state index contributed by atoms with van der Waals surface area (Å²) in [6.45, 7) is 3.45. The first kappa shape index (κ1) is 32.6. The van der Waals surface area contributed by atoms with Crippen LogP contribution < -0.4 is 21.7 Å². The normalized spacial score (nSPS) is 14.6. The van der Waals surface area contributed by atoms with Crippen molar-refractivity contribution in [1.29, 1.82) is 0 Å². The van der Waals surface area contributed by atoms with Crippen molar-refractivity contribution in [2.24, 2.45) is 11.7 Å². The fourth-order valence-corrected chi connectivity index (χ4v) is 4.58. The van der Waals surface area contributed by atoms with Gasteiger partial charge in [-0.1, -0.05) is 50.6 Å². The maximum atomic E-state index is 13.4. The minimum atomic E-state index is -1.58. The van der Waals surface area contributed by atoms with Crippen LogP contribution in [0.4, 0.5) is 0 Å². The molecule has 0 spiro atoms. The van der Waals surface area contributed by atoms with E-state index in [4.69, 9.17) is 5.73 Å². The average molecular weight is 596 g/mol. The number of fused-ring (bicyclic) bond motifs is 1. The number of carbonyl (C=O) groups excluding carboxylic acids is 3. The number of carbonyl (C=O) groups is 5. The van der Waals surface area contributed by atoms with Gasteiger partial charge in [0.2, 0.25) is 17.7 Å². The molecule has 13 nitrogen and oxygen atoms in total. The Kier molecular flexibility index (Phi) is 11.2. The minimum absolute atomic E-state index is 0.0324. The monoisotopic (exact) mass is 595 g/mol. The number of nitrogens with two attached hydrogens (primary N) is 1. The summed E-state index contributed by atoms with van der Waals surface area (Å²) in [5.74, 6) is -5.54. The van der Waals surface area contributed by atoms with Crippen molar-refractivity contribution in [1.82, 2.24) is 20.9 Å². The zero-order chi connectivity index (χ0) is 31.7. The molecule has 3 aromatic rings. The lowest BCUT2D eigenvalue weighted by atomic mass is 9.98. The highest BCUT2D eigenvalue weighted by Gasteiger charge is 2.33. The van der Waals surface area contributed by atoms with Gasteiger partial charge >= 0.3 is 11.9 Å². The fraction of sp³-hybridized carbons (Fsp3) is 0.367. The van der Waals surface area contributed by atoms with Crippen molar-refractivity contribution in [2.75, 3.05) is 0 Å². The highest BCUT2D eigenvalue weighted by atomic mass is 16.4. The molecule has 5 unspecified atom stereocenters. The first-order valence-electron chi connectivity index (χ1n) is 13.8. The van der Waals surface area contributed by atoms with E-state index in [1.807, 2.05) is 18.2 Å². The molecule has 43 heavy (non-hydrogen) atoms. The number of H-pyrrole nitrogens is 1. The highest BCUT2D eigenvalue weighted by molar-refractivity contribution is 5.96. The second kappa shape index (κ2) is 14.8. The summed E-state index contributed by atoms with van der Waals surface area (Å²) in [7, 11) is 0. The van der Waals surface area contributed by atoms with E-state index in [-0.39, 0.29) is 18.6 Å². The van der Waals surface area contributed by atoms with E-state index >= 15 is 0 Å². The largest absolute Gasteiger partial charge is 0.508 e. The van der Waals surface area contributed by atoms with Gasteiger partial charge in [0.05, 0.1) is 12.5 Å². The van der Waals surface area contributed by atoms with Crippen LogP contribution in [0.2, 0.25) is 0 Å². The fourth-order valence-electron chi connectivity index (χ4n) is 4.58. The van der Waals surface area contributed by atoms with Crippen molar-refractivity contribution in [3.05, 3.63) is 65.9 Å². The number of aliphatic carboxylic acids is 2. The summed E-state index contributed by atoms with van der Waals surface area (Å²) >= 11 is 0. The Bertz CT molecular complexity index is 1450. The number of rotatable bonds is 15. The van der Waals surface area contributed by atoms with Crippen LogP contribution in [-0.2, 0) is 36.8 Å². The number of hydrogen-bond acceptors (Lipinski definition) is 7. The molecule has 9 N–H and O–H groups in total. The second-order valence-corrected chi connectivity index (χ2v) is 10.5. The predicted octanol–water partition coefficient (Wildman–Crippen LogP) is 1.05. The topological polar surface area (TPSA) is 224 Å². The number of carboxylic acid groups (broad SMARTS) is 2. The maximum absolute atomic E-state index is 13.4. The Balaban J connectivity index is 1.83. The SMILES string of the molecule is CCC(C)C(NC(=O)C(Cc1c[nH]c2ccccc12)NC(=O)C(CC(=O)O)NC(=O)C(N)Cc1ccc(O)cc1)C(=O)O. The van der Waals surface area contributed by atoms with Gasteiger partial charge in [-0.15, -0.1) is 0 Å². The molecule has 0 bridgehead atoms. The van der Waals surface area contributed by atoms with Crippen molar-refractivity contribution in [3.63, 3.8) is 0 Å². The van der Waals surface area contributed by atoms with Crippen LogP contribution in [0.15, 0.2) is 54.7 Å². The molecule has 0 aliphatic rings. The second-order valence-electron chi connectivity index (χ2n) is 10.5. The van der Waals surface area contributed by atoms with Gasteiger partial charge in [-0.25, -0.2) is 4.79 Å². The van der Waals surface area contributed by atoms with E-state index in [9.17, 15) is 39.3 Å². The summed E-state index contributed by atoms with van der Waals surface area (Å²) in [5, 5.41) is 36.8. The zero-order valence-corrected chi connectivity index (χ0v) is 23.9. The van der Waals surface area contributed by atoms with Crippen LogP contribution in [0.3, 0.4) is 0 Å². The third-order valence-electron chi connectivity index (χ3n) is 7.25. The first-order valence-corrected chi connectivity index (χ1v) is 13.8. The van der Waals surface area contributed by atoms with E-state index in [1.165, 1.54) is 12.1 Å². The number of para-hydroxylation sites is 1. The van der Waals surface area contributed by atoms with Crippen molar-refractivity contribution in [2.45, 2.75) is 63.7 Å². The van der Waals surface area contributed by atoms with Gasteiger partial charge in [-0.3, -0.25) is 19.2 Å². The number of nitrogens with one attached hydrogen (secondary N) is 4. The number of aromatic amines is 1. The quantitative estimate of drug-likeness (QED) is 0.125. The molecule has 1 aromatic heterocycles. The Hall–Kier alpha value is -4.91. The lowest BCUT2D eigenvalue weighted by Crippen LogP contribution is -2.58. The smallest absolute Gasteiger partial charge is 0.326 e. The van der Waals surface area contributed by atoms with Crippen LogP contribution in [0.5, 0.6) is 5.75 Å². The number of aromatic nitrogens is 1. The molecule has 3 rings (SSSR count). The predicted molar refractivity (Wildman–Crippen MR) is 157 cm³/mol. The summed E-state index contributed by atoms with van der Waals surface area (Å²) in [6.07, 6.45) is 1.33. The van der Waals surface area contributed by atoms with Gasteiger partial charge in [0.15, 0.2) is 0 Å². The highest BCUT2D eigenvalue weighted by Crippen LogP contribution is 2.20. The molecule has 0 fully saturated rings. The van der Waals surface area contributed by atoms with Gasteiger partial charge in [-0.05, 0) is 41.7 Å². The van der Waals surface area contributed by atoms with Crippen LogP contribution in [0.1, 0.15) is 37.8 Å². The van der Waals surface area contributed by atoms with Gasteiger partial charge in [0.25, 0.3) is 0 Å². The standard InChI is InChI=1S/C30H37N5O8/c1-3-16(2)26(30(42)43)35-29(41)23(13-18-15-32-22-7-5-4-6-20(18)22)34-28(40)24(14-25(37)38)33-27(39)21(31)12-17-8-10-19(36)11-9-17/h4-11,15-16,21,23-24,26,32,36H,3,12-14,31H2,1-2H3,(H,33,39)(H,34,40)(H,35,41)(H,37,38)(H,42,43). The summed E-state index contributed by atoms with van der Waals surface area (Å²) in [6, 6.07) is 8.00. The minimum Gasteiger partial charge on any atom is -0.508 e. The molecule has 0 saturated heterocycles. The lowest BCUT2D eigenvalue weighted by molar-refractivity contribution is -0.144. The van der Waals surface area contributed by atoms with Gasteiger partial charge < -0.3 is 42.0 Å². The van der Waals surface area contributed by atoms with Crippen LogP contribution in [0.25, 0.3) is 10.9 Å². The number of amides is 3. The molecular weight excluding hydrogens is 558 g/mol. The summed E-state index contributed by atoms with van der Waals surface area (Å²) in [4.78, 5) is 66.3. The lowest BCUT2D eigenvalue weighted by Gasteiger charge is -2.26. The maximum Gasteiger partial charge on any atom is 0.326 e. The average Bonchev–Trinajstić information content (AvgIpc) is 3.38. The number of benzene rings is 2. The zero-order valence-electron chi connectivity index (χ0n) is 23.9. The Morgan fingerprint density at radius 1 is 0.860 bits per heavy atom. The van der Waals surface area contributed by atoms with Crippen LogP contribution in [-0.4, -0.2) is 74.1 Å². The van der Waals surface area contributed by atoms with Crippen molar-refractivity contribution in [3.8, 4) is 5.75 Å². The number of phenolic OH excluding ortho intramolecular Hbond substituents is 1. The van der Waals surface area contributed by atoms with Crippen molar-refractivity contribution >= 4 is 40.6 Å². The molecule has 0 aliphatic heterocycles. The molecule has 5 atom stereocenters. The van der Waals surface area contributed by atoms with Gasteiger partial charge in [0.1, 0.15) is 23.9 Å².